The number of nitrogen functional groups attached to an aromatic ring is 1. The molecule has 1 unspecified atom stereocenters. The number of carbonyl (C=O) groups is 2. The fourth-order valence-corrected chi connectivity index (χ4v) is 6.15. The van der Waals surface area contributed by atoms with Crippen molar-refractivity contribution in [2.24, 2.45) is 0 Å². The van der Waals surface area contributed by atoms with Gasteiger partial charge < -0.3 is 20.7 Å². The van der Waals surface area contributed by atoms with Gasteiger partial charge in [0.1, 0.15) is 11.6 Å². The molecule has 0 aliphatic carbocycles. The molecule has 3 aromatic carbocycles. The molecule has 0 fully saturated rings. The molecule has 4 N–H and O–H groups in total. The Morgan fingerprint density at radius 3 is 2.44 bits per heavy atom. The molecule has 1 atom stereocenters. The highest BCUT2D eigenvalue weighted by atomic mass is 32.2. The van der Waals surface area contributed by atoms with Crippen molar-refractivity contribution in [1.29, 1.82) is 0 Å². The van der Waals surface area contributed by atoms with Crippen molar-refractivity contribution in [2.45, 2.75) is 50.3 Å². The SMILES string of the molecule is Cc1ccccc1C(C)COC(=O)Nc1ccc(S(=O)(=O)C(C)C)c(CN(C)C(=O)CNc2ccc3c(N)ncc(F)c3c2)c1. The molecule has 45 heavy (non-hydrogen) atoms. The van der Waals surface area contributed by atoms with E-state index in [4.69, 9.17) is 10.5 Å². The van der Waals surface area contributed by atoms with E-state index in [1.165, 1.54) is 23.1 Å². The van der Waals surface area contributed by atoms with Crippen molar-refractivity contribution in [2.75, 3.05) is 36.6 Å². The van der Waals surface area contributed by atoms with Gasteiger partial charge in [-0.2, -0.15) is 0 Å². The average Bonchev–Trinajstić information content (AvgIpc) is 3.00. The molecular weight excluding hydrogens is 597 g/mol. The maximum Gasteiger partial charge on any atom is 0.411 e. The summed E-state index contributed by atoms with van der Waals surface area (Å²) in [4.78, 5) is 31.0. The lowest BCUT2D eigenvalue weighted by molar-refractivity contribution is -0.128. The first-order valence-corrected chi connectivity index (χ1v) is 16.0. The number of pyridine rings is 1. The zero-order valence-electron chi connectivity index (χ0n) is 25.9. The van der Waals surface area contributed by atoms with E-state index in [0.29, 0.717) is 22.3 Å². The molecule has 2 amide bonds. The van der Waals surface area contributed by atoms with Crippen LogP contribution in [0.5, 0.6) is 0 Å². The van der Waals surface area contributed by atoms with Crippen LogP contribution in [0.25, 0.3) is 10.8 Å². The van der Waals surface area contributed by atoms with Crippen molar-refractivity contribution < 1.29 is 27.1 Å². The van der Waals surface area contributed by atoms with Crippen molar-refractivity contribution >= 4 is 49.8 Å². The fourth-order valence-electron chi connectivity index (χ4n) is 4.89. The lowest BCUT2D eigenvalue weighted by atomic mass is 9.97. The third kappa shape index (κ3) is 7.88. The second-order valence-electron chi connectivity index (χ2n) is 11.3. The number of hydrogen-bond acceptors (Lipinski definition) is 8. The number of halogens is 1. The molecule has 0 aliphatic rings. The molecule has 1 aromatic heterocycles. The normalized spacial score (nSPS) is 12.2. The number of anilines is 3. The van der Waals surface area contributed by atoms with E-state index in [1.54, 1.807) is 39.1 Å². The molecule has 10 nitrogen and oxygen atoms in total. The van der Waals surface area contributed by atoms with E-state index in [1.807, 2.05) is 38.1 Å². The quantitative estimate of drug-likeness (QED) is 0.186. The van der Waals surface area contributed by atoms with Crippen LogP contribution < -0.4 is 16.4 Å². The number of hydrogen-bond donors (Lipinski definition) is 3. The van der Waals surface area contributed by atoms with Crippen LogP contribution in [0.3, 0.4) is 0 Å². The first-order valence-electron chi connectivity index (χ1n) is 14.5. The predicted octanol–water partition coefficient (Wildman–Crippen LogP) is 5.87. The Kier molecular flexibility index (Phi) is 10.3. The van der Waals surface area contributed by atoms with Gasteiger partial charge in [0.2, 0.25) is 5.91 Å². The molecule has 1 heterocycles. The van der Waals surface area contributed by atoms with Crippen LogP contribution in [0.1, 0.15) is 43.4 Å². The Morgan fingerprint density at radius 1 is 1.02 bits per heavy atom. The van der Waals surface area contributed by atoms with Gasteiger partial charge in [-0.1, -0.05) is 31.2 Å². The minimum absolute atomic E-state index is 0.0249. The summed E-state index contributed by atoms with van der Waals surface area (Å²) >= 11 is 0. The number of benzene rings is 3. The second kappa shape index (κ2) is 13.9. The van der Waals surface area contributed by atoms with Gasteiger partial charge in [-0.05, 0) is 73.9 Å². The van der Waals surface area contributed by atoms with Crippen LogP contribution >= 0.6 is 0 Å². The second-order valence-corrected chi connectivity index (χ2v) is 13.7. The van der Waals surface area contributed by atoms with Crippen molar-refractivity contribution in [3.63, 3.8) is 0 Å². The van der Waals surface area contributed by atoms with Gasteiger partial charge in [0, 0.05) is 41.7 Å². The van der Waals surface area contributed by atoms with Gasteiger partial charge in [0.05, 0.1) is 29.5 Å². The van der Waals surface area contributed by atoms with E-state index in [9.17, 15) is 22.4 Å². The first-order chi connectivity index (χ1) is 21.3. The largest absolute Gasteiger partial charge is 0.449 e. The molecule has 0 spiro atoms. The zero-order valence-corrected chi connectivity index (χ0v) is 26.7. The first kappa shape index (κ1) is 33.2. The molecule has 4 rings (SSSR count). The Balaban J connectivity index is 1.46. The summed E-state index contributed by atoms with van der Waals surface area (Å²) in [5, 5.41) is 5.67. The molecule has 0 saturated carbocycles. The maximum atomic E-state index is 14.3. The number of aryl methyl sites for hydroxylation is 1. The summed E-state index contributed by atoms with van der Waals surface area (Å²) < 4.78 is 46.1. The maximum absolute atomic E-state index is 14.3. The summed E-state index contributed by atoms with van der Waals surface area (Å²) in [6.45, 7) is 7.08. The number of carbonyl (C=O) groups excluding carboxylic acids is 2. The number of nitrogens with two attached hydrogens (primary N) is 1. The van der Waals surface area contributed by atoms with Crippen LogP contribution in [-0.2, 0) is 25.9 Å². The standard InChI is InChI=1S/C33H38FN5O5S/c1-20(2)45(42,43)30-13-11-25(38-33(41)44-19-22(4)26-9-7-6-8-21(26)3)14-23(30)18-39(5)31(40)17-36-24-10-12-27-28(15-24)29(34)16-37-32(27)35/h6-16,20,22,36H,17-19H2,1-5H3,(H2,35,37)(H,38,41). The predicted molar refractivity (Wildman–Crippen MR) is 174 cm³/mol. The number of rotatable bonds is 11. The smallest absolute Gasteiger partial charge is 0.411 e. The minimum atomic E-state index is -3.71. The number of likely N-dealkylation sites (N-methyl/N-ethyl adjacent to an activating group) is 1. The molecule has 0 aliphatic heterocycles. The van der Waals surface area contributed by atoms with Gasteiger partial charge in [-0.25, -0.2) is 22.6 Å². The summed E-state index contributed by atoms with van der Waals surface area (Å²) in [6, 6.07) is 17.1. The Bertz CT molecular complexity index is 1830. The highest BCUT2D eigenvalue weighted by Gasteiger charge is 2.25. The van der Waals surface area contributed by atoms with E-state index >= 15 is 0 Å². The number of nitrogens with zero attached hydrogens (tertiary/aromatic N) is 2. The molecule has 12 heteroatoms. The van der Waals surface area contributed by atoms with Gasteiger partial charge >= 0.3 is 6.09 Å². The summed E-state index contributed by atoms with van der Waals surface area (Å²) in [7, 11) is -2.17. The molecule has 238 valence electrons. The van der Waals surface area contributed by atoms with Crippen molar-refractivity contribution in [1.82, 2.24) is 9.88 Å². The lowest BCUT2D eigenvalue weighted by Gasteiger charge is -2.21. The number of aromatic nitrogens is 1. The molecule has 0 bridgehead atoms. The monoisotopic (exact) mass is 635 g/mol. The van der Waals surface area contributed by atoms with Gasteiger partial charge in [0.25, 0.3) is 0 Å². The average molecular weight is 636 g/mol. The topological polar surface area (TPSA) is 144 Å². The molecule has 0 saturated heterocycles. The van der Waals surface area contributed by atoms with Crippen LogP contribution in [0.4, 0.5) is 26.4 Å². The highest BCUT2D eigenvalue weighted by Crippen LogP contribution is 2.27. The summed E-state index contributed by atoms with van der Waals surface area (Å²) in [5.74, 6) is -0.713. The fraction of sp³-hybridized carbons (Fsp3) is 0.303. The van der Waals surface area contributed by atoms with Crippen LogP contribution in [0, 0.1) is 12.7 Å². The van der Waals surface area contributed by atoms with Gasteiger partial charge in [-0.3, -0.25) is 10.1 Å². The number of ether oxygens (including phenoxy) is 1. The zero-order chi connectivity index (χ0) is 32.9. The van der Waals surface area contributed by atoms with Crippen LogP contribution in [0.15, 0.2) is 71.8 Å². The van der Waals surface area contributed by atoms with Crippen molar-refractivity contribution in [3.8, 4) is 0 Å². The molecule has 0 radical (unpaired) electrons. The molecular formula is C33H38FN5O5S. The summed E-state index contributed by atoms with van der Waals surface area (Å²) in [5.41, 5.74) is 9.17. The Hall–Kier alpha value is -4.71. The highest BCUT2D eigenvalue weighted by molar-refractivity contribution is 7.92. The third-order valence-electron chi connectivity index (χ3n) is 7.56. The van der Waals surface area contributed by atoms with E-state index < -0.39 is 27.0 Å². The molecule has 4 aromatic rings. The number of nitrogens with one attached hydrogen (secondary N) is 2. The summed E-state index contributed by atoms with van der Waals surface area (Å²) in [6.07, 6.45) is 0.358. The minimum Gasteiger partial charge on any atom is -0.449 e. The number of amides is 2. The van der Waals surface area contributed by atoms with Crippen molar-refractivity contribution in [3.05, 3.63) is 89.4 Å². The lowest BCUT2D eigenvalue weighted by Crippen LogP contribution is -2.32. The van der Waals surface area contributed by atoms with Gasteiger partial charge in [-0.15, -0.1) is 0 Å². The Labute approximate surface area is 262 Å². The van der Waals surface area contributed by atoms with Crippen LogP contribution in [-0.4, -0.2) is 55.8 Å². The van der Waals surface area contributed by atoms with Gasteiger partial charge in [0.15, 0.2) is 9.84 Å². The van der Waals surface area contributed by atoms with E-state index in [-0.39, 0.29) is 47.6 Å². The van der Waals surface area contributed by atoms with E-state index in [2.05, 4.69) is 15.6 Å². The number of sulfone groups is 1. The number of fused-ring (bicyclic) bond motifs is 1. The Morgan fingerprint density at radius 2 is 1.73 bits per heavy atom. The third-order valence-corrected chi connectivity index (χ3v) is 9.82. The van der Waals surface area contributed by atoms with E-state index in [0.717, 1.165) is 17.3 Å². The van der Waals surface area contributed by atoms with Crippen LogP contribution in [0.2, 0.25) is 0 Å².